The molecule has 0 unspecified atom stereocenters. The number of amides is 1. The molecule has 4 heterocycles. The van der Waals surface area contributed by atoms with Gasteiger partial charge >= 0.3 is 0 Å². The first-order valence-electron chi connectivity index (χ1n) is 11.1. The fourth-order valence-corrected chi connectivity index (χ4v) is 4.73. The van der Waals surface area contributed by atoms with Gasteiger partial charge in [0.25, 0.3) is 0 Å². The first kappa shape index (κ1) is 20.7. The van der Waals surface area contributed by atoms with E-state index in [1.165, 1.54) is 12.1 Å². The van der Waals surface area contributed by atoms with Gasteiger partial charge in [-0.25, -0.2) is 18.7 Å². The Balaban J connectivity index is 1.55. The second-order valence-corrected chi connectivity index (χ2v) is 8.68. The second-order valence-electron chi connectivity index (χ2n) is 8.68. The number of benzene rings is 2. The maximum absolute atomic E-state index is 14.3. The third-order valence-corrected chi connectivity index (χ3v) is 6.45. The first-order valence-corrected chi connectivity index (χ1v) is 11.1. The number of aliphatic hydroxyl groups excluding tert-OH is 1. The van der Waals surface area contributed by atoms with E-state index in [0.29, 0.717) is 36.5 Å². The molecule has 0 radical (unpaired) electrons. The quantitative estimate of drug-likeness (QED) is 0.487. The molecule has 1 saturated heterocycles. The van der Waals surface area contributed by atoms with Gasteiger partial charge in [-0.2, -0.15) is 0 Å². The summed E-state index contributed by atoms with van der Waals surface area (Å²) >= 11 is 0. The highest BCUT2D eigenvalue weighted by Gasteiger charge is 2.30. The van der Waals surface area contributed by atoms with Crippen molar-refractivity contribution in [3.63, 3.8) is 0 Å². The van der Waals surface area contributed by atoms with E-state index in [2.05, 4.69) is 10.3 Å². The Hall–Kier alpha value is -3.85. The van der Waals surface area contributed by atoms with E-state index in [9.17, 15) is 18.7 Å². The number of aliphatic hydroxyl groups is 1. The molecule has 1 amide bonds. The Kier molecular flexibility index (Phi) is 4.80. The number of carbonyl (C=O) groups excluding carboxylic acids is 1. The number of anilines is 2. The van der Waals surface area contributed by atoms with E-state index in [1.807, 2.05) is 22.6 Å². The van der Waals surface area contributed by atoms with Crippen molar-refractivity contribution in [1.29, 1.82) is 0 Å². The lowest BCUT2D eigenvalue weighted by molar-refractivity contribution is -0.115. The molecule has 9 heteroatoms. The maximum atomic E-state index is 14.3. The number of nitrogens with one attached hydrogen (secondary N) is 1. The third-order valence-electron chi connectivity index (χ3n) is 6.45. The van der Waals surface area contributed by atoms with Crippen LogP contribution in [0.5, 0.6) is 0 Å². The summed E-state index contributed by atoms with van der Waals surface area (Å²) in [6.07, 6.45) is 1.67. The molecule has 2 aromatic carbocycles. The summed E-state index contributed by atoms with van der Waals surface area (Å²) in [5.41, 5.74) is 5.17. The first-order chi connectivity index (χ1) is 16.5. The van der Waals surface area contributed by atoms with Gasteiger partial charge in [0.2, 0.25) is 5.91 Å². The molecule has 2 aromatic heterocycles. The minimum Gasteiger partial charge on any atom is -0.390 e. The van der Waals surface area contributed by atoms with Crippen LogP contribution in [0, 0.1) is 5.82 Å². The highest BCUT2D eigenvalue weighted by molar-refractivity contribution is 6.00. The van der Waals surface area contributed by atoms with Crippen molar-refractivity contribution in [2.24, 2.45) is 0 Å². The number of aromatic nitrogens is 3. The highest BCUT2D eigenvalue weighted by atomic mass is 19.1. The van der Waals surface area contributed by atoms with Crippen LogP contribution in [0.25, 0.3) is 28.2 Å². The molecule has 0 aliphatic carbocycles. The number of imidazole rings is 1. The van der Waals surface area contributed by atoms with Crippen molar-refractivity contribution in [1.82, 2.24) is 14.4 Å². The molecule has 2 aliphatic rings. The fourth-order valence-electron chi connectivity index (χ4n) is 4.73. The molecule has 1 fully saturated rings. The van der Waals surface area contributed by atoms with Crippen LogP contribution in [0.3, 0.4) is 0 Å². The molecule has 34 heavy (non-hydrogen) atoms. The molecular formula is C25H21F2N5O2. The minimum absolute atomic E-state index is 0.0224. The summed E-state index contributed by atoms with van der Waals surface area (Å²) in [7, 11) is 0. The van der Waals surface area contributed by atoms with Crippen LogP contribution in [0.4, 0.5) is 20.3 Å². The highest BCUT2D eigenvalue weighted by Crippen LogP contribution is 2.37. The van der Waals surface area contributed by atoms with E-state index in [-0.39, 0.29) is 18.3 Å². The van der Waals surface area contributed by atoms with Crippen LogP contribution in [-0.4, -0.2) is 50.7 Å². The molecule has 0 saturated carbocycles. The summed E-state index contributed by atoms with van der Waals surface area (Å²) in [5.74, 6) is 0.118. The van der Waals surface area contributed by atoms with Crippen molar-refractivity contribution in [3.05, 3.63) is 66.2 Å². The topological polar surface area (TPSA) is 82.8 Å². The van der Waals surface area contributed by atoms with Crippen molar-refractivity contribution in [2.45, 2.75) is 25.1 Å². The number of carbonyl (C=O) groups is 1. The van der Waals surface area contributed by atoms with Gasteiger partial charge in [-0.3, -0.25) is 9.20 Å². The van der Waals surface area contributed by atoms with Crippen LogP contribution >= 0.6 is 0 Å². The molecule has 2 aliphatic heterocycles. The summed E-state index contributed by atoms with van der Waals surface area (Å²) < 4.78 is 29.9. The average Bonchev–Trinajstić information content (AvgIpc) is 3.40. The van der Waals surface area contributed by atoms with Crippen LogP contribution in [0.15, 0.2) is 54.9 Å². The lowest BCUT2D eigenvalue weighted by atomic mass is 10.0. The average molecular weight is 461 g/mol. The van der Waals surface area contributed by atoms with Crippen molar-refractivity contribution < 1.29 is 18.7 Å². The second kappa shape index (κ2) is 7.88. The predicted molar refractivity (Wildman–Crippen MR) is 124 cm³/mol. The van der Waals surface area contributed by atoms with Gasteiger partial charge in [0, 0.05) is 35.8 Å². The van der Waals surface area contributed by atoms with Gasteiger partial charge in [-0.15, -0.1) is 0 Å². The Morgan fingerprint density at radius 3 is 2.71 bits per heavy atom. The normalized spacial score (nSPS) is 20.0. The molecular weight excluding hydrogens is 440 g/mol. The zero-order valence-electron chi connectivity index (χ0n) is 18.1. The van der Waals surface area contributed by atoms with E-state index in [0.717, 1.165) is 28.1 Å². The standard InChI is InChI=1S/C25H21F2N5O2/c26-17-4-1-14(2-5-17)22-23(15-3-6-19-16(11-15)12-21(34)29-19)32-10-8-28-24(25(32)30-22)31-9-7-20(33)18(27)13-31/h1-6,8,10-11,18,20,33H,7,9,12-13H2,(H,29,34)/t18-,20-/m0/s1. The molecule has 4 aromatic rings. The van der Waals surface area contributed by atoms with Crippen LogP contribution in [0.2, 0.25) is 0 Å². The maximum Gasteiger partial charge on any atom is 0.228 e. The van der Waals surface area contributed by atoms with Gasteiger partial charge in [0.1, 0.15) is 12.0 Å². The van der Waals surface area contributed by atoms with E-state index >= 15 is 0 Å². The van der Waals surface area contributed by atoms with Crippen LogP contribution in [-0.2, 0) is 11.2 Å². The molecule has 0 bridgehead atoms. The fraction of sp³-hybridized carbons (Fsp3) is 0.240. The molecule has 2 N–H and O–H groups in total. The van der Waals surface area contributed by atoms with Gasteiger partial charge < -0.3 is 15.3 Å². The Morgan fingerprint density at radius 2 is 1.91 bits per heavy atom. The van der Waals surface area contributed by atoms with Gasteiger partial charge in [-0.1, -0.05) is 6.07 Å². The molecule has 7 nitrogen and oxygen atoms in total. The van der Waals surface area contributed by atoms with Gasteiger partial charge in [0.15, 0.2) is 11.5 Å². The van der Waals surface area contributed by atoms with E-state index < -0.39 is 12.3 Å². The van der Waals surface area contributed by atoms with Crippen LogP contribution in [0.1, 0.15) is 12.0 Å². The zero-order chi connectivity index (χ0) is 23.4. The number of piperidine rings is 1. The van der Waals surface area contributed by atoms with Crippen molar-refractivity contribution in [3.8, 4) is 22.5 Å². The SMILES string of the molecule is O=C1Cc2cc(-c3c(-c4ccc(F)cc4)nc4c(N5CC[C@H](O)[C@@H](F)C5)nccn34)ccc2N1. The lowest BCUT2D eigenvalue weighted by Crippen LogP contribution is -2.45. The Bertz CT molecular complexity index is 1420. The van der Waals surface area contributed by atoms with Gasteiger partial charge in [0.05, 0.1) is 30.5 Å². The van der Waals surface area contributed by atoms with E-state index in [4.69, 9.17) is 4.98 Å². The summed E-state index contributed by atoms with van der Waals surface area (Å²) in [6, 6.07) is 11.8. The van der Waals surface area contributed by atoms with Crippen molar-refractivity contribution >= 4 is 23.1 Å². The number of fused-ring (bicyclic) bond motifs is 2. The van der Waals surface area contributed by atoms with Crippen molar-refractivity contribution in [2.75, 3.05) is 23.3 Å². The summed E-state index contributed by atoms with van der Waals surface area (Å²) in [5, 5.41) is 12.7. The van der Waals surface area contributed by atoms with E-state index in [1.54, 1.807) is 29.4 Å². The smallest absolute Gasteiger partial charge is 0.228 e. The largest absolute Gasteiger partial charge is 0.390 e. The molecule has 0 spiro atoms. The number of rotatable bonds is 3. The number of halogens is 2. The minimum atomic E-state index is -1.37. The van der Waals surface area contributed by atoms with Gasteiger partial charge in [-0.05, 0) is 48.4 Å². The third kappa shape index (κ3) is 3.40. The lowest BCUT2D eigenvalue weighted by Gasteiger charge is -2.32. The number of alkyl halides is 1. The number of hydrogen-bond acceptors (Lipinski definition) is 5. The molecule has 6 rings (SSSR count). The Morgan fingerprint density at radius 1 is 1.12 bits per heavy atom. The Labute approximate surface area is 193 Å². The molecule has 172 valence electrons. The summed E-state index contributed by atoms with van der Waals surface area (Å²) in [6.45, 7) is 0.476. The summed E-state index contributed by atoms with van der Waals surface area (Å²) in [4.78, 5) is 23.0. The molecule has 2 atom stereocenters. The zero-order valence-corrected chi connectivity index (χ0v) is 18.1. The number of hydrogen-bond donors (Lipinski definition) is 2. The monoisotopic (exact) mass is 461 g/mol. The number of nitrogens with zero attached hydrogens (tertiary/aromatic N) is 4. The van der Waals surface area contributed by atoms with Crippen LogP contribution < -0.4 is 10.2 Å². The predicted octanol–water partition coefficient (Wildman–Crippen LogP) is 3.61.